The third-order valence-electron chi connectivity index (χ3n) is 18.4. The third kappa shape index (κ3) is 19.3. The third-order valence-corrected chi connectivity index (χ3v) is 18.6. The van der Waals surface area contributed by atoms with Crippen molar-refractivity contribution in [1.29, 1.82) is 0 Å². The molecule has 2 saturated heterocycles. The number of Topliss-reactive ketones (excluding diaryl/α,β-unsaturated/α-hetero) is 2. The monoisotopic (exact) mass is 1350 g/mol. The van der Waals surface area contributed by atoms with E-state index in [0.717, 1.165) is 22.7 Å². The number of benzene rings is 2. The number of alkyl halides is 3. The molecule has 2 aromatic carbocycles. The number of halogens is 4. The number of methoxy groups -OCH3 is 3. The van der Waals surface area contributed by atoms with Gasteiger partial charge in [-0.25, -0.2) is 9.48 Å². The number of esters is 1. The molecule has 3 fully saturated rings. The van der Waals surface area contributed by atoms with Gasteiger partial charge in [0.25, 0.3) is 23.5 Å². The molecule has 14 atom stereocenters. The van der Waals surface area contributed by atoms with Gasteiger partial charge in [-0.1, -0.05) is 56.7 Å². The molecule has 1 aliphatic carbocycles. The van der Waals surface area contributed by atoms with Gasteiger partial charge in [-0.15, -0.1) is 0 Å². The highest BCUT2D eigenvalue weighted by Crippen LogP contribution is 2.40. The van der Waals surface area contributed by atoms with Crippen LogP contribution in [0.4, 0.5) is 24.5 Å². The number of fused-ring (bicyclic) bond motifs is 3. The highest BCUT2D eigenvalue weighted by molar-refractivity contribution is 6.39. The zero-order valence-electron chi connectivity index (χ0n) is 54.9. The predicted octanol–water partition coefficient (Wildman–Crippen LogP) is 8.01. The van der Waals surface area contributed by atoms with Crippen LogP contribution in [-0.4, -0.2) is 173 Å². The highest BCUT2D eigenvalue weighted by Gasteiger charge is 2.57. The van der Waals surface area contributed by atoms with Crippen molar-refractivity contribution in [1.82, 2.24) is 25.3 Å². The van der Waals surface area contributed by atoms with Crippen LogP contribution in [0.15, 0.2) is 84.6 Å². The van der Waals surface area contributed by atoms with Crippen molar-refractivity contribution in [2.75, 3.05) is 51.6 Å². The molecule has 3 aromatic rings. The van der Waals surface area contributed by atoms with Gasteiger partial charge in [0.05, 0.1) is 48.0 Å². The summed E-state index contributed by atoms with van der Waals surface area (Å²) in [6, 6.07) is 7.61. The van der Waals surface area contributed by atoms with Gasteiger partial charge in [0, 0.05) is 93.5 Å². The van der Waals surface area contributed by atoms with Crippen LogP contribution in [0.25, 0.3) is 5.69 Å². The van der Waals surface area contributed by atoms with Gasteiger partial charge in [0.15, 0.2) is 5.69 Å². The SMILES string of the molecule is C=CC(=O)Nc1cc(Cl)cc(NC(=O)c2cnn(-c3ccc(C(=O)NCCNC(=O)CCC[C@@H]4/C=C(\C)C[C@H](C)C[C@H](OC)[C@H]5O[C@@](O)(C(=O)C(=O)N6CCCC[C@H]6C(=O)O[C@H](/C(C)=C/[C@@H]6CC[C@@H](O)[C@H](OC)C6)[C@H](C)[C@@H](O)CC4=O)[C@H](C)C[C@@H]5OC)cc3)c2C(F)(F)F)c1. The van der Waals surface area contributed by atoms with Crippen molar-refractivity contribution in [3.05, 3.63) is 106 Å². The fourth-order valence-corrected chi connectivity index (χ4v) is 13.4. The molecular weight excluding hydrogens is 1260 g/mol. The number of ether oxygens (including phenoxy) is 5. The largest absolute Gasteiger partial charge is 0.456 e. The van der Waals surface area contributed by atoms with E-state index in [1.807, 2.05) is 26.0 Å². The second kappa shape index (κ2) is 33.7. The second-order valence-corrected chi connectivity index (χ2v) is 25.9. The number of rotatable bonds is 18. The van der Waals surface area contributed by atoms with E-state index >= 15 is 0 Å². The van der Waals surface area contributed by atoms with Gasteiger partial charge in [-0.2, -0.15) is 18.3 Å². The van der Waals surface area contributed by atoms with Gasteiger partial charge in [0.2, 0.25) is 17.6 Å². The molecule has 4 heterocycles. The summed E-state index contributed by atoms with van der Waals surface area (Å²) in [6.07, 6.45) is -2.29. The number of allylic oxidation sites excluding steroid dienone is 3. The number of nitrogens with zero attached hydrogens (tertiary/aromatic N) is 3. The van der Waals surface area contributed by atoms with E-state index in [2.05, 4.69) is 32.9 Å². The number of carbonyl (C=O) groups is 8. The number of nitrogens with one attached hydrogen (secondary N) is 4. The first-order valence-corrected chi connectivity index (χ1v) is 32.5. The maximum absolute atomic E-state index is 14.7. The Labute approximate surface area is 555 Å². The number of hydrogen-bond acceptors (Lipinski definition) is 17. The van der Waals surface area contributed by atoms with Crippen molar-refractivity contribution in [2.45, 2.75) is 179 Å². The van der Waals surface area contributed by atoms with Crippen molar-refractivity contribution >= 4 is 70.0 Å². The first kappa shape index (κ1) is 75.2. The molecule has 27 heteroatoms. The Balaban J connectivity index is 1.04. The van der Waals surface area contributed by atoms with Crippen LogP contribution < -0.4 is 21.3 Å². The number of anilines is 2. The van der Waals surface area contributed by atoms with E-state index < -0.39 is 131 Å². The molecule has 1 saturated carbocycles. The van der Waals surface area contributed by atoms with E-state index in [1.54, 1.807) is 20.8 Å². The number of aliphatic hydroxyl groups is 3. The Morgan fingerprint density at radius 2 is 1.52 bits per heavy atom. The minimum absolute atomic E-state index is 0.00248. The standard InChI is InChI=1S/C68H89ClF3N7O16/c1-10-57(83)76-46-32-45(69)33-47(34-46)77-64(87)49-36-75-79(61(49)68(70,71)72)48-20-18-43(19-21-48)63(86)74-24-23-73-58(84)16-13-14-44-27-37(2)26-38(3)28-55(92-8)60-56(93-9)30-40(5)67(90,95-60)62(85)65(88)78-25-12-11-15-50(78)66(89)94-59(41(6)52(81)35-53(44)82)39(4)29-42-17-22-51(80)54(31-42)91-7/h10,18-21,27,29,32-34,36,38,40-42,44,50-52,54-56,59-60,80-81,90H,1,11-17,22-26,28,30-31,35H2,2-9H3,(H,73,84)(H,74,86)(H,76,83)(H,77,87)/b37-27+,39-29+/t38-,40+,41+,42-,44+,50-,51+,52-,54+,55-,56-,59+,60+,67+/m0/s1. The van der Waals surface area contributed by atoms with Crippen LogP contribution in [0.5, 0.6) is 0 Å². The van der Waals surface area contributed by atoms with Gasteiger partial charge in [0.1, 0.15) is 24.0 Å². The first-order valence-electron chi connectivity index (χ1n) is 32.1. The van der Waals surface area contributed by atoms with E-state index in [1.165, 1.54) is 63.8 Å². The zero-order valence-corrected chi connectivity index (χ0v) is 55.6. The average Bonchev–Trinajstić information content (AvgIpc) is 0.979. The quantitative estimate of drug-likeness (QED) is 0.0208. The van der Waals surface area contributed by atoms with Crippen LogP contribution in [0.2, 0.25) is 5.02 Å². The summed E-state index contributed by atoms with van der Waals surface area (Å²) >= 11 is 6.13. The van der Waals surface area contributed by atoms with Crippen LogP contribution in [0, 0.1) is 29.6 Å². The Kier molecular flexibility index (Phi) is 26.7. The summed E-state index contributed by atoms with van der Waals surface area (Å²) in [4.78, 5) is 111. The lowest BCUT2D eigenvalue weighted by molar-refractivity contribution is -0.302. The molecule has 7 rings (SSSR count). The molecule has 1 aromatic heterocycles. The van der Waals surface area contributed by atoms with E-state index in [-0.39, 0.29) is 103 Å². The van der Waals surface area contributed by atoms with Crippen LogP contribution in [-0.2, 0) is 58.6 Å². The normalized spacial score (nSPS) is 29.2. The Bertz CT molecular complexity index is 3320. The number of piperidine rings is 1. The van der Waals surface area contributed by atoms with Gasteiger partial charge in [-0.3, -0.25) is 33.6 Å². The van der Waals surface area contributed by atoms with Crippen LogP contribution in [0.1, 0.15) is 144 Å². The predicted molar refractivity (Wildman–Crippen MR) is 344 cm³/mol. The molecular formula is C68H89ClF3N7O16. The summed E-state index contributed by atoms with van der Waals surface area (Å²) in [6.45, 7) is 12.1. The van der Waals surface area contributed by atoms with Crippen molar-refractivity contribution in [2.24, 2.45) is 29.6 Å². The number of aromatic nitrogens is 2. The fourth-order valence-electron chi connectivity index (χ4n) is 13.2. The molecule has 2 bridgehead atoms. The molecule has 5 amide bonds. The summed E-state index contributed by atoms with van der Waals surface area (Å²) in [5, 5.41) is 49.1. The molecule has 0 unspecified atom stereocenters. The number of carbonyl (C=O) groups excluding carboxylic acids is 8. The molecule has 7 N–H and O–H groups in total. The van der Waals surface area contributed by atoms with Gasteiger partial charge in [-0.05, 0) is 150 Å². The minimum atomic E-state index is -5.08. The first-order chi connectivity index (χ1) is 45.0. The average molecular weight is 1350 g/mol. The number of aliphatic hydroxyl groups excluding tert-OH is 2. The molecule has 0 radical (unpaired) electrons. The number of ketones is 2. The molecule has 520 valence electrons. The van der Waals surface area contributed by atoms with Crippen LogP contribution in [0.3, 0.4) is 0 Å². The van der Waals surface area contributed by atoms with E-state index in [0.29, 0.717) is 55.2 Å². The van der Waals surface area contributed by atoms with Crippen molar-refractivity contribution in [3.63, 3.8) is 0 Å². The molecule has 4 aliphatic rings. The lowest BCUT2D eigenvalue weighted by Crippen LogP contribution is -2.64. The summed E-state index contributed by atoms with van der Waals surface area (Å²) < 4.78 is 74.4. The van der Waals surface area contributed by atoms with Crippen molar-refractivity contribution in [3.8, 4) is 5.69 Å². The number of amides is 5. The number of hydrogen-bond donors (Lipinski definition) is 7. The molecule has 23 nitrogen and oxygen atoms in total. The maximum Gasteiger partial charge on any atom is 0.434 e. The molecule has 95 heavy (non-hydrogen) atoms. The Morgan fingerprint density at radius 3 is 2.18 bits per heavy atom. The molecule has 0 spiro atoms. The van der Waals surface area contributed by atoms with Gasteiger partial charge >= 0.3 is 12.1 Å². The lowest BCUT2D eigenvalue weighted by Gasteiger charge is -2.47. The highest BCUT2D eigenvalue weighted by atomic mass is 35.5. The Morgan fingerprint density at radius 1 is 0.853 bits per heavy atom. The van der Waals surface area contributed by atoms with E-state index in [9.17, 15) is 66.8 Å². The van der Waals surface area contributed by atoms with Crippen molar-refractivity contribution < 1.29 is 90.5 Å². The molecule has 3 aliphatic heterocycles. The van der Waals surface area contributed by atoms with Gasteiger partial charge < -0.3 is 65.2 Å². The number of cyclic esters (lactones) is 1. The summed E-state index contributed by atoms with van der Waals surface area (Å²) in [5.74, 6) is -11.9. The fraction of sp³-hybridized carbons (Fsp3) is 0.574. The summed E-state index contributed by atoms with van der Waals surface area (Å²) in [7, 11) is 4.46. The smallest absolute Gasteiger partial charge is 0.434 e. The zero-order chi connectivity index (χ0) is 69.6. The van der Waals surface area contributed by atoms with E-state index in [4.69, 9.17) is 35.3 Å². The topological polar surface area (TPSA) is 313 Å². The lowest BCUT2D eigenvalue weighted by atomic mass is 9.81. The minimum Gasteiger partial charge on any atom is -0.456 e. The summed E-state index contributed by atoms with van der Waals surface area (Å²) in [5.41, 5.74) is -0.837. The maximum atomic E-state index is 14.7. The second-order valence-electron chi connectivity index (χ2n) is 25.5. The Hall–Kier alpha value is -7.17. The van der Waals surface area contributed by atoms with Crippen LogP contribution >= 0.6 is 11.6 Å².